The zero-order chi connectivity index (χ0) is 15.4. The van der Waals surface area contributed by atoms with E-state index in [9.17, 15) is 9.59 Å². The van der Waals surface area contributed by atoms with Gasteiger partial charge in [0.05, 0.1) is 13.7 Å². The molecule has 112 valence electrons. The van der Waals surface area contributed by atoms with E-state index < -0.39 is 5.92 Å². The van der Waals surface area contributed by atoms with Gasteiger partial charge in [-0.15, -0.1) is 0 Å². The Morgan fingerprint density at radius 2 is 2.14 bits per heavy atom. The maximum absolute atomic E-state index is 12.2. The summed E-state index contributed by atoms with van der Waals surface area (Å²) in [5.74, 6) is -0.811. The third-order valence-electron chi connectivity index (χ3n) is 3.56. The summed E-state index contributed by atoms with van der Waals surface area (Å²) in [6.45, 7) is 5.84. The molecule has 1 amide bonds. The van der Waals surface area contributed by atoms with Crippen molar-refractivity contribution in [3.05, 3.63) is 42.1 Å². The van der Waals surface area contributed by atoms with Crippen LogP contribution in [-0.2, 0) is 14.3 Å². The quantitative estimate of drug-likeness (QED) is 0.861. The lowest BCUT2D eigenvalue weighted by molar-refractivity contribution is -0.148. The Balaban J connectivity index is 2.42. The molecule has 0 radical (unpaired) electrons. The summed E-state index contributed by atoms with van der Waals surface area (Å²) in [6, 6.07) is 7.38. The maximum Gasteiger partial charge on any atom is 0.315 e. The van der Waals surface area contributed by atoms with Gasteiger partial charge in [-0.25, -0.2) is 0 Å². The molecule has 1 N–H and O–H groups in total. The van der Waals surface area contributed by atoms with E-state index >= 15 is 0 Å². The number of hydrogen-bond donors (Lipinski definition) is 1. The fraction of sp³-hybridized carbons (Fsp3) is 0.375. The third kappa shape index (κ3) is 3.07. The molecule has 2 unspecified atom stereocenters. The molecule has 1 heterocycles. The number of amides is 1. The van der Waals surface area contributed by atoms with Crippen LogP contribution in [-0.4, -0.2) is 25.6 Å². The van der Waals surface area contributed by atoms with Crippen molar-refractivity contribution in [3.8, 4) is 5.75 Å². The summed E-state index contributed by atoms with van der Waals surface area (Å²) in [7, 11) is 1.57. The average Bonchev–Trinajstić information content (AvgIpc) is 2.46. The number of esters is 1. The molecule has 2 atom stereocenters. The minimum Gasteiger partial charge on any atom is -0.496 e. The molecule has 0 spiro atoms. The van der Waals surface area contributed by atoms with Crippen LogP contribution in [0.3, 0.4) is 0 Å². The molecule has 0 bridgehead atoms. The van der Waals surface area contributed by atoms with Gasteiger partial charge in [-0.1, -0.05) is 24.8 Å². The fourth-order valence-electron chi connectivity index (χ4n) is 2.67. The van der Waals surface area contributed by atoms with Crippen molar-refractivity contribution in [2.45, 2.75) is 19.3 Å². The zero-order valence-corrected chi connectivity index (χ0v) is 12.2. The van der Waals surface area contributed by atoms with E-state index in [1.54, 1.807) is 14.0 Å². The van der Waals surface area contributed by atoms with Gasteiger partial charge in [0.15, 0.2) is 0 Å². The van der Waals surface area contributed by atoms with E-state index in [1.165, 1.54) is 0 Å². The van der Waals surface area contributed by atoms with E-state index in [2.05, 4.69) is 11.9 Å². The monoisotopic (exact) mass is 289 g/mol. The number of para-hydroxylation sites is 1. The van der Waals surface area contributed by atoms with E-state index in [0.29, 0.717) is 11.4 Å². The van der Waals surface area contributed by atoms with Gasteiger partial charge >= 0.3 is 5.97 Å². The second-order valence-electron chi connectivity index (χ2n) is 4.86. The maximum atomic E-state index is 12.2. The third-order valence-corrected chi connectivity index (χ3v) is 3.56. The number of ether oxygens (including phenoxy) is 2. The molecule has 5 nitrogen and oxygen atoms in total. The highest BCUT2D eigenvalue weighted by atomic mass is 16.5. The van der Waals surface area contributed by atoms with Gasteiger partial charge < -0.3 is 14.8 Å². The molecule has 5 heteroatoms. The topological polar surface area (TPSA) is 64.6 Å². The Bertz CT molecular complexity index is 567. The summed E-state index contributed by atoms with van der Waals surface area (Å²) >= 11 is 0. The number of methoxy groups -OCH3 is 1. The summed E-state index contributed by atoms with van der Waals surface area (Å²) in [4.78, 5) is 24.0. The Morgan fingerprint density at radius 1 is 1.43 bits per heavy atom. The Hall–Kier alpha value is -2.30. The van der Waals surface area contributed by atoms with Crippen molar-refractivity contribution < 1.29 is 19.1 Å². The van der Waals surface area contributed by atoms with Crippen molar-refractivity contribution in [1.29, 1.82) is 0 Å². The lowest BCUT2D eigenvalue weighted by Gasteiger charge is -2.32. The highest BCUT2D eigenvalue weighted by Gasteiger charge is 2.40. The number of nitrogens with one attached hydrogen (secondary N) is 1. The zero-order valence-electron chi connectivity index (χ0n) is 12.2. The highest BCUT2D eigenvalue weighted by molar-refractivity contribution is 5.87. The van der Waals surface area contributed by atoms with Gasteiger partial charge in [-0.05, 0) is 18.6 Å². The standard InChI is InChI=1S/C16H19NO4/c1-4-21-16(19)15-10(2)17-14(18)9-12(15)11-7-5-6-8-13(11)20-3/h5-8,12,15H,2,4,9H2,1,3H3,(H,17,18). The van der Waals surface area contributed by atoms with Crippen molar-refractivity contribution in [2.75, 3.05) is 13.7 Å². The van der Waals surface area contributed by atoms with Crippen LogP contribution >= 0.6 is 0 Å². The smallest absolute Gasteiger partial charge is 0.315 e. The molecule has 1 aliphatic heterocycles. The number of piperidine rings is 1. The number of carbonyl (C=O) groups excluding carboxylic acids is 2. The van der Waals surface area contributed by atoms with Crippen LogP contribution in [0, 0.1) is 5.92 Å². The lowest BCUT2D eigenvalue weighted by Crippen LogP contribution is -2.41. The summed E-state index contributed by atoms with van der Waals surface area (Å²) in [6.07, 6.45) is 0.197. The van der Waals surface area contributed by atoms with E-state index in [4.69, 9.17) is 9.47 Å². The SMILES string of the molecule is C=C1NC(=O)CC(c2ccccc2OC)C1C(=O)OCC. The molecule has 21 heavy (non-hydrogen) atoms. The predicted molar refractivity (Wildman–Crippen MR) is 77.8 cm³/mol. The predicted octanol–water partition coefficient (Wildman–Crippen LogP) is 1.99. The van der Waals surface area contributed by atoms with Crippen molar-refractivity contribution in [3.63, 3.8) is 0 Å². The molecule has 1 saturated heterocycles. The molecule has 2 rings (SSSR count). The molecular weight excluding hydrogens is 270 g/mol. The molecule has 0 aliphatic carbocycles. The Labute approximate surface area is 123 Å². The van der Waals surface area contributed by atoms with E-state index in [-0.39, 0.29) is 30.8 Å². The fourth-order valence-corrected chi connectivity index (χ4v) is 2.67. The van der Waals surface area contributed by atoms with Crippen LogP contribution in [0.5, 0.6) is 5.75 Å². The minimum absolute atomic E-state index is 0.156. The summed E-state index contributed by atoms with van der Waals surface area (Å²) in [5, 5.41) is 2.63. The molecule has 0 aromatic heterocycles. The first-order chi connectivity index (χ1) is 10.1. The first-order valence-electron chi connectivity index (χ1n) is 6.86. The molecule has 0 saturated carbocycles. The Kier molecular flexibility index (Phi) is 4.62. The number of benzene rings is 1. The summed E-state index contributed by atoms with van der Waals surface area (Å²) < 4.78 is 10.5. The Morgan fingerprint density at radius 3 is 2.81 bits per heavy atom. The van der Waals surface area contributed by atoms with Gasteiger partial charge in [-0.3, -0.25) is 9.59 Å². The number of carbonyl (C=O) groups is 2. The van der Waals surface area contributed by atoms with Crippen molar-refractivity contribution >= 4 is 11.9 Å². The molecule has 1 aromatic carbocycles. The van der Waals surface area contributed by atoms with Gasteiger partial charge in [0.1, 0.15) is 11.7 Å². The minimum atomic E-state index is -0.598. The second kappa shape index (κ2) is 6.43. The van der Waals surface area contributed by atoms with E-state index in [1.807, 2.05) is 24.3 Å². The van der Waals surface area contributed by atoms with Crippen molar-refractivity contribution in [2.24, 2.45) is 5.92 Å². The first kappa shape index (κ1) is 15.1. The molecular formula is C16H19NO4. The number of hydrogen-bond acceptors (Lipinski definition) is 4. The van der Waals surface area contributed by atoms with Crippen LogP contribution < -0.4 is 10.1 Å². The van der Waals surface area contributed by atoms with Gasteiger partial charge in [0.2, 0.25) is 5.91 Å². The highest BCUT2D eigenvalue weighted by Crippen LogP contribution is 2.39. The average molecular weight is 289 g/mol. The van der Waals surface area contributed by atoms with Crippen LogP contribution in [0.15, 0.2) is 36.5 Å². The van der Waals surface area contributed by atoms with Crippen molar-refractivity contribution in [1.82, 2.24) is 5.32 Å². The lowest BCUT2D eigenvalue weighted by atomic mass is 9.78. The van der Waals surface area contributed by atoms with E-state index in [0.717, 1.165) is 5.56 Å². The van der Waals surface area contributed by atoms with Gasteiger partial charge in [0, 0.05) is 18.0 Å². The first-order valence-corrected chi connectivity index (χ1v) is 6.86. The number of rotatable bonds is 4. The summed E-state index contributed by atoms with van der Waals surface area (Å²) in [5.41, 5.74) is 1.19. The normalized spacial score (nSPS) is 21.6. The van der Waals surface area contributed by atoms with Crippen LogP contribution in [0.2, 0.25) is 0 Å². The molecule has 1 aromatic rings. The molecule has 1 fully saturated rings. The van der Waals surface area contributed by atoms with Crippen LogP contribution in [0.4, 0.5) is 0 Å². The largest absolute Gasteiger partial charge is 0.496 e. The molecule has 1 aliphatic rings. The van der Waals surface area contributed by atoms with Gasteiger partial charge in [0.25, 0.3) is 0 Å². The second-order valence-corrected chi connectivity index (χ2v) is 4.86. The van der Waals surface area contributed by atoms with Gasteiger partial charge in [-0.2, -0.15) is 0 Å². The van der Waals surface area contributed by atoms with Crippen LogP contribution in [0.1, 0.15) is 24.8 Å². The van der Waals surface area contributed by atoms with Crippen LogP contribution in [0.25, 0.3) is 0 Å².